The van der Waals surface area contributed by atoms with Gasteiger partial charge in [-0.15, -0.1) is 0 Å². The summed E-state index contributed by atoms with van der Waals surface area (Å²) in [6.07, 6.45) is 1.96. The fraction of sp³-hybridized carbons (Fsp3) is 0.933. The van der Waals surface area contributed by atoms with Gasteiger partial charge in [0.25, 0.3) is 0 Å². The van der Waals surface area contributed by atoms with Crippen molar-refractivity contribution in [2.75, 3.05) is 6.61 Å². The lowest BCUT2D eigenvalue weighted by molar-refractivity contribution is -0.0175. The smallest absolute Gasteiger partial charge is 0.450 e. The van der Waals surface area contributed by atoms with Crippen molar-refractivity contribution < 1.29 is 24.9 Å². The molecule has 1 aliphatic rings. The van der Waals surface area contributed by atoms with Crippen LogP contribution in [-0.2, 0) is 4.74 Å². The van der Waals surface area contributed by atoms with Gasteiger partial charge in [0.2, 0.25) is 0 Å². The molecule has 0 aromatic carbocycles. The Morgan fingerprint density at radius 2 is 1.85 bits per heavy atom. The molecule has 1 aliphatic carbocycles. The van der Waals surface area contributed by atoms with Crippen molar-refractivity contribution in [3.05, 3.63) is 0 Å². The lowest BCUT2D eigenvalue weighted by atomic mass is 9.75. The predicted octanol–water partition coefficient (Wildman–Crippen LogP) is 2.89. The average molecular weight is 290 g/mol. The fourth-order valence-electron chi connectivity index (χ4n) is 2.38. The van der Waals surface area contributed by atoms with Gasteiger partial charge in [0.1, 0.15) is 6.10 Å². The topological polar surface area (TPSA) is 87.0 Å². The quantitative estimate of drug-likeness (QED) is 0.696. The van der Waals surface area contributed by atoms with Crippen molar-refractivity contribution in [3.8, 4) is 0 Å². The number of rotatable bonds is 3. The molecule has 0 saturated heterocycles. The normalized spacial score (nSPS) is 26.7. The Balaban J connectivity index is 0.000000511. The van der Waals surface area contributed by atoms with E-state index in [1.165, 1.54) is 6.42 Å². The van der Waals surface area contributed by atoms with Crippen LogP contribution < -0.4 is 0 Å². The van der Waals surface area contributed by atoms with Crippen molar-refractivity contribution in [2.45, 2.75) is 65.6 Å². The maximum Gasteiger partial charge on any atom is 0.506 e. The first-order chi connectivity index (χ1) is 9.06. The number of carboxylic acid groups (broad SMARTS) is 1. The fourth-order valence-corrected chi connectivity index (χ4v) is 2.38. The molecule has 1 rings (SSSR count). The van der Waals surface area contributed by atoms with Crippen LogP contribution in [0.1, 0.15) is 53.9 Å². The lowest BCUT2D eigenvalue weighted by Crippen LogP contribution is -2.35. The summed E-state index contributed by atoms with van der Waals surface area (Å²) in [5.74, 6) is 1.50. The van der Waals surface area contributed by atoms with E-state index in [0.717, 1.165) is 12.8 Å². The number of aliphatic hydroxyl groups excluding tert-OH is 1. The first-order valence-corrected chi connectivity index (χ1v) is 7.29. The molecule has 5 heteroatoms. The van der Waals surface area contributed by atoms with Crippen molar-refractivity contribution in [2.24, 2.45) is 17.8 Å². The van der Waals surface area contributed by atoms with Gasteiger partial charge in [-0.2, -0.15) is 0 Å². The van der Waals surface area contributed by atoms with Crippen LogP contribution >= 0.6 is 0 Å². The van der Waals surface area contributed by atoms with E-state index in [9.17, 15) is 4.79 Å². The Morgan fingerprint density at radius 1 is 1.35 bits per heavy atom. The van der Waals surface area contributed by atoms with Crippen molar-refractivity contribution in [3.63, 3.8) is 0 Å². The number of carbonyl (C=O) groups is 1. The molecule has 3 unspecified atom stereocenters. The second kappa shape index (κ2) is 8.47. The summed E-state index contributed by atoms with van der Waals surface area (Å²) < 4.78 is 4.95. The molecule has 0 aromatic heterocycles. The van der Waals surface area contributed by atoms with Gasteiger partial charge in [0.15, 0.2) is 0 Å². The van der Waals surface area contributed by atoms with E-state index in [4.69, 9.17) is 20.1 Å². The number of ether oxygens (including phenoxy) is 1. The third kappa shape index (κ3) is 8.38. The number of hydrogen-bond acceptors (Lipinski definition) is 4. The number of hydrogen-bond donors (Lipinski definition) is 3. The van der Waals surface area contributed by atoms with Gasteiger partial charge in [-0.05, 0) is 44.4 Å². The average Bonchev–Trinajstić information content (AvgIpc) is 2.27. The Bertz CT molecular complexity index is 282. The molecule has 0 aromatic rings. The molecule has 20 heavy (non-hydrogen) atoms. The SMILES string of the molecule is CC(C)(O)CO.CC1CCC(C(C)C)C(OC(=O)O)C1. The minimum atomic E-state index is -1.13. The minimum absolute atomic E-state index is 0.0868. The highest BCUT2D eigenvalue weighted by atomic mass is 16.7. The van der Waals surface area contributed by atoms with E-state index in [1.54, 1.807) is 13.8 Å². The second-order valence-corrected chi connectivity index (χ2v) is 6.72. The van der Waals surface area contributed by atoms with Gasteiger partial charge >= 0.3 is 6.16 Å². The zero-order chi connectivity index (χ0) is 15.9. The van der Waals surface area contributed by atoms with E-state index in [1.807, 2.05) is 0 Å². The van der Waals surface area contributed by atoms with Gasteiger partial charge in [-0.1, -0.05) is 27.2 Å². The molecule has 3 atom stereocenters. The summed E-state index contributed by atoms with van der Waals surface area (Å²) in [4.78, 5) is 10.5. The van der Waals surface area contributed by atoms with Gasteiger partial charge in [-0.25, -0.2) is 4.79 Å². The lowest BCUT2D eigenvalue weighted by Gasteiger charge is -2.35. The molecule has 5 nitrogen and oxygen atoms in total. The summed E-state index contributed by atoms with van der Waals surface area (Å²) >= 11 is 0. The summed E-state index contributed by atoms with van der Waals surface area (Å²) in [5.41, 5.74) is -0.903. The van der Waals surface area contributed by atoms with Crippen LogP contribution in [0.2, 0.25) is 0 Å². The molecule has 0 spiro atoms. The molecule has 3 N–H and O–H groups in total. The molecular formula is C15H30O5. The van der Waals surface area contributed by atoms with Crippen molar-refractivity contribution >= 4 is 6.16 Å². The van der Waals surface area contributed by atoms with Gasteiger partial charge in [-0.3, -0.25) is 0 Å². The zero-order valence-corrected chi connectivity index (χ0v) is 13.3. The summed E-state index contributed by atoms with van der Waals surface area (Å²) in [6, 6.07) is 0. The third-order valence-electron chi connectivity index (χ3n) is 3.60. The van der Waals surface area contributed by atoms with Crippen LogP contribution in [0.3, 0.4) is 0 Å². The standard InChI is InChI=1S/C11H20O3.C4H10O2/c1-7(2)9-5-4-8(3)6-10(9)14-11(12)13;1-4(2,6)3-5/h7-10H,4-6H2,1-3H3,(H,12,13);5-6H,3H2,1-2H3. The highest BCUT2D eigenvalue weighted by Crippen LogP contribution is 2.35. The molecule has 0 amide bonds. The van der Waals surface area contributed by atoms with Crippen molar-refractivity contribution in [1.82, 2.24) is 0 Å². The summed E-state index contributed by atoms with van der Waals surface area (Å²) in [6.45, 7) is 9.36. The molecule has 0 bridgehead atoms. The molecule has 0 aliphatic heterocycles. The predicted molar refractivity (Wildman–Crippen MR) is 77.6 cm³/mol. The van der Waals surface area contributed by atoms with Gasteiger partial charge in [0, 0.05) is 0 Å². The Hall–Kier alpha value is -0.810. The first-order valence-electron chi connectivity index (χ1n) is 7.29. The van der Waals surface area contributed by atoms with E-state index in [-0.39, 0.29) is 12.7 Å². The summed E-state index contributed by atoms with van der Waals surface area (Å²) in [5, 5.41) is 25.4. The molecule has 1 saturated carbocycles. The minimum Gasteiger partial charge on any atom is -0.450 e. The molecule has 1 fully saturated rings. The van der Waals surface area contributed by atoms with Crippen LogP contribution in [0.4, 0.5) is 4.79 Å². The molecule has 0 heterocycles. The first kappa shape index (κ1) is 19.2. The van der Waals surface area contributed by atoms with Crippen LogP contribution in [0.5, 0.6) is 0 Å². The van der Waals surface area contributed by atoms with Crippen LogP contribution in [0, 0.1) is 17.8 Å². The highest BCUT2D eigenvalue weighted by molar-refractivity contribution is 5.57. The maximum absolute atomic E-state index is 10.5. The van der Waals surface area contributed by atoms with Crippen LogP contribution in [0.25, 0.3) is 0 Å². The highest BCUT2D eigenvalue weighted by Gasteiger charge is 2.33. The van der Waals surface area contributed by atoms with Gasteiger partial charge < -0.3 is 20.1 Å². The van der Waals surface area contributed by atoms with E-state index >= 15 is 0 Å². The van der Waals surface area contributed by atoms with Crippen LogP contribution in [0.15, 0.2) is 0 Å². The van der Waals surface area contributed by atoms with E-state index in [0.29, 0.717) is 17.8 Å². The Labute approximate surface area is 122 Å². The monoisotopic (exact) mass is 290 g/mol. The molecular weight excluding hydrogens is 260 g/mol. The number of aliphatic hydroxyl groups is 2. The molecule has 120 valence electrons. The van der Waals surface area contributed by atoms with Crippen molar-refractivity contribution in [1.29, 1.82) is 0 Å². The third-order valence-corrected chi connectivity index (χ3v) is 3.60. The Morgan fingerprint density at radius 3 is 2.20 bits per heavy atom. The zero-order valence-electron chi connectivity index (χ0n) is 13.3. The molecule has 0 radical (unpaired) electrons. The van der Waals surface area contributed by atoms with E-state index < -0.39 is 11.8 Å². The van der Waals surface area contributed by atoms with Crippen LogP contribution in [-0.4, -0.2) is 39.8 Å². The van der Waals surface area contributed by atoms with E-state index in [2.05, 4.69) is 20.8 Å². The second-order valence-electron chi connectivity index (χ2n) is 6.72. The van der Waals surface area contributed by atoms with Gasteiger partial charge in [0.05, 0.1) is 12.2 Å². The summed E-state index contributed by atoms with van der Waals surface area (Å²) in [7, 11) is 0. The maximum atomic E-state index is 10.5. The largest absolute Gasteiger partial charge is 0.506 e. The Kier molecular flexibility index (Phi) is 8.13.